The van der Waals surface area contributed by atoms with Gasteiger partial charge in [0.1, 0.15) is 11.8 Å². The first-order valence-corrected chi connectivity index (χ1v) is 7.40. The molecule has 0 heterocycles. The number of carbonyl (C=O) groups excluding carboxylic acids is 1. The van der Waals surface area contributed by atoms with Crippen molar-refractivity contribution in [3.63, 3.8) is 0 Å². The molecule has 0 aromatic heterocycles. The Morgan fingerprint density at radius 2 is 1.86 bits per heavy atom. The van der Waals surface area contributed by atoms with Crippen LogP contribution in [-0.4, -0.2) is 29.6 Å². The van der Waals surface area contributed by atoms with E-state index < -0.39 is 17.4 Å². The quantitative estimate of drug-likeness (QED) is 0.820. The molecular weight excluding hydrogens is 338 g/mol. The fourth-order valence-corrected chi connectivity index (χ4v) is 1.94. The van der Waals surface area contributed by atoms with Crippen molar-refractivity contribution in [2.45, 2.75) is 33.2 Å². The number of hydrogen-bond acceptors (Lipinski definition) is 3. The van der Waals surface area contributed by atoms with E-state index in [0.29, 0.717) is 5.75 Å². The minimum atomic E-state index is -1.04. The van der Waals surface area contributed by atoms with Crippen molar-refractivity contribution in [2.24, 2.45) is 5.41 Å². The van der Waals surface area contributed by atoms with Crippen LogP contribution in [0.1, 0.15) is 27.2 Å². The highest BCUT2D eigenvalue weighted by Gasteiger charge is 2.32. The van der Waals surface area contributed by atoms with Crippen molar-refractivity contribution < 1.29 is 19.4 Å². The summed E-state index contributed by atoms with van der Waals surface area (Å²) >= 11 is 3.32. The van der Waals surface area contributed by atoms with Crippen LogP contribution in [0.25, 0.3) is 0 Å². The summed E-state index contributed by atoms with van der Waals surface area (Å²) in [5.41, 5.74) is -0.548. The van der Waals surface area contributed by atoms with Gasteiger partial charge in [0.25, 0.3) is 0 Å². The average molecular weight is 358 g/mol. The van der Waals surface area contributed by atoms with Gasteiger partial charge in [-0.25, -0.2) is 4.79 Å². The zero-order chi connectivity index (χ0) is 16.0. The maximum absolute atomic E-state index is 11.8. The fourth-order valence-electron chi connectivity index (χ4n) is 1.67. The molecule has 1 atom stereocenters. The van der Waals surface area contributed by atoms with Crippen LogP contribution in [0.5, 0.6) is 5.75 Å². The van der Waals surface area contributed by atoms with Gasteiger partial charge in [-0.1, -0.05) is 36.7 Å². The molecule has 0 fully saturated rings. The van der Waals surface area contributed by atoms with Crippen LogP contribution in [0.4, 0.5) is 0 Å². The number of ether oxygens (including phenoxy) is 1. The molecule has 2 N–H and O–H groups in total. The Kier molecular flexibility index (Phi) is 6.20. The highest BCUT2D eigenvalue weighted by atomic mass is 79.9. The maximum atomic E-state index is 11.8. The Labute approximate surface area is 132 Å². The lowest BCUT2D eigenvalue weighted by Crippen LogP contribution is -2.49. The highest BCUT2D eigenvalue weighted by molar-refractivity contribution is 9.10. The summed E-state index contributed by atoms with van der Waals surface area (Å²) in [5.74, 6) is -0.712. The van der Waals surface area contributed by atoms with Gasteiger partial charge in [-0.2, -0.15) is 0 Å². The Hall–Kier alpha value is -1.56. The predicted molar refractivity (Wildman–Crippen MR) is 83.3 cm³/mol. The summed E-state index contributed by atoms with van der Waals surface area (Å²) in [6, 6.07) is 6.34. The summed E-state index contributed by atoms with van der Waals surface area (Å²) in [6.45, 7) is 5.50. The number of carboxylic acids is 1. The van der Waals surface area contributed by atoms with E-state index in [-0.39, 0.29) is 18.9 Å². The summed E-state index contributed by atoms with van der Waals surface area (Å²) in [4.78, 5) is 22.9. The number of halogens is 1. The first kappa shape index (κ1) is 17.5. The van der Waals surface area contributed by atoms with E-state index >= 15 is 0 Å². The molecular formula is C15H20BrNO4. The van der Waals surface area contributed by atoms with Crippen LogP contribution in [0.3, 0.4) is 0 Å². The summed E-state index contributed by atoms with van der Waals surface area (Å²) in [6.07, 6.45) is 0.107. The molecule has 0 spiro atoms. The molecule has 0 bridgehead atoms. The molecule has 1 aromatic carbocycles. The highest BCUT2D eigenvalue weighted by Crippen LogP contribution is 2.19. The second kappa shape index (κ2) is 7.45. The molecule has 0 radical (unpaired) electrons. The van der Waals surface area contributed by atoms with Gasteiger partial charge in [-0.05, 0) is 29.7 Å². The van der Waals surface area contributed by atoms with Crippen molar-refractivity contribution in [3.8, 4) is 5.75 Å². The third-order valence-corrected chi connectivity index (χ3v) is 3.36. The monoisotopic (exact) mass is 357 g/mol. The van der Waals surface area contributed by atoms with Gasteiger partial charge in [0, 0.05) is 4.47 Å². The zero-order valence-electron chi connectivity index (χ0n) is 12.4. The minimum absolute atomic E-state index is 0.107. The lowest BCUT2D eigenvalue weighted by atomic mass is 9.86. The number of hydrogen-bond donors (Lipinski definition) is 2. The topological polar surface area (TPSA) is 75.6 Å². The van der Waals surface area contributed by atoms with E-state index in [9.17, 15) is 9.59 Å². The van der Waals surface area contributed by atoms with Crippen LogP contribution in [0.15, 0.2) is 28.7 Å². The minimum Gasteiger partial charge on any atom is -0.493 e. The zero-order valence-corrected chi connectivity index (χ0v) is 13.9. The normalized spacial score (nSPS) is 12.6. The van der Waals surface area contributed by atoms with Crippen LogP contribution in [0.2, 0.25) is 0 Å². The number of aliphatic carboxylic acids is 1. The van der Waals surface area contributed by atoms with E-state index in [1.807, 2.05) is 12.1 Å². The molecule has 0 aliphatic heterocycles. The van der Waals surface area contributed by atoms with Crippen LogP contribution >= 0.6 is 15.9 Å². The molecule has 0 saturated carbocycles. The Bertz CT molecular complexity index is 493. The van der Waals surface area contributed by atoms with Gasteiger partial charge in [0.15, 0.2) is 0 Å². The molecule has 0 saturated heterocycles. The van der Waals surface area contributed by atoms with Gasteiger partial charge in [0.05, 0.1) is 13.0 Å². The molecule has 1 rings (SSSR count). The third-order valence-electron chi connectivity index (χ3n) is 2.83. The van der Waals surface area contributed by atoms with Gasteiger partial charge >= 0.3 is 5.97 Å². The van der Waals surface area contributed by atoms with E-state index in [2.05, 4.69) is 21.2 Å². The average Bonchev–Trinajstić information content (AvgIpc) is 2.36. The van der Waals surface area contributed by atoms with Crippen molar-refractivity contribution in [1.82, 2.24) is 5.32 Å². The second-order valence-electron chi connectivity index (χ2n) is 5.76. The van der Waals surface area contributed by atoms with E-state index in [1.165, 1.54) is 0 Å². The standard InChI is InChI=1S/C15H20BrNO4/c1-15(2,3)13(14(19)20)17-12(18)8-9-21-11-6-4-10(16)5-7-11/h4-7,13H,8-9H2,1-3H3,(H,17,18)(H,19,20). The number of nitrogens with one attached hydrogen (secondary N) is 1. The molecule has 6 heteroatoms. The van der Waals surface area contributed by atoms with Gasteiger partial charge in [-0.15, -0.1) is 0 Å². The number of carboxylic acid groups (broad SMARTS) is 1. The molecule has 0 aliphatic carbocycles. The van der Waals surface area contributed by atoms with Crippen molar-refractivity contribution in [1.29, 1.82) is 0 Å². The molecule has 116 valence electrons. The molecule has 1 amide bonds. The van der Waals surface area contributed by atoms with Gasteiger partial charge in [0.2, 0.25) is 5.91 Å². The molecule has 1 aromatic rings. The summed E-state index contributed by atoms with van der Waals surface area (Å²) in [5, 5.41) is 11.7. The maximum Gasteiger partial charge on any atom is 0.326 e. The van der Waals surface area contributed by atoms with E-state index in [1.54, 1.807) is 32.9 Å². The molecule has 5 nitrogen and oxygen atoms in total. The summed E-state index contributed by atoms with van der Waals surface area (Å²) < 4.78 is 6.38. The van der Waals surface area contributed by atoms with Crippen LogP contribution in [0, 0.1) is 5.41 Å². The lowest BCUT2D eigenvalue weighted by Gasteiger charge is -2.27. The number of amides is 1. The molecule has 1 unspecified atom stereocenters. The Morgan fingerprint density at radius 1 is 1.29 bits per heavy atom. The van der Waals surface area contributed by atoms with Gasteiger partial charge < -0.3 is 15.2 Å². The fraction of sp³-hybridized carbons (Fsp3) is 0.467. The second-order valence-corrected chi connectivity index (χ2v) is 6.67. The predicted octanol–water partition coefficient (Wildman–Crippen LogP) is 2.83. The first-order valence-electron chi connectivity index (χ1n) is 6.60. The SMILES string of the molecule is CC(C)(C)C(NC(=O)CCOc1ccc(Br)cc1)C(=O)O. The number of carbonyl (C=O) groups is 2. The van der Waals surface area contributed by atoms with Crippen LogP contribution < -0.4 is 10.1 Å². The molecule has 0 aliphatic rings. The Morgan fingerprint density at radius 3 is 2.33 bits per heavy atom. The third kappa shape index (κ3) is 6.16. The van der Waals surface area contributed by atoms with Crippen molar-refractivity contribution in [2.75, 3.05) is 6.61 Å². The lowest BCUT2D eigenvalue weighted by molar-refractivity contribution is -0.145. The Balaban J connectivity index is 2.43. The summed E-state index contributed by atoms with van der Waals surface area (Å²) in [7, 11) is 0. The largest absolute Gasteiger partial charge is 0.493 e. The van der Waals surface area contributed by atoms with Crippen molar-refractivity contribution >= 4 is 27.8 Å². The van der Waals surface area contributed by atoms with Gasteiger partial charge in [-0.3, -0.25) is 4.79 Å². The van der Waals surface area contributed by atoms with Crippen molar-refractivity contribution in [3.05, 3.63) is 28.7 Å². The van der Waals surface area contributed by atoms with E-state index in [4.69, 9.17) is 9.84 Å². The molecule has 21 heavy (non-hydrogen) atoms. The van der Waals surface area contributed by atoms with E-state index in [0.717, 1.165) is 4.47 Å². The first-order chi connectivity index (χ1) is 9.70. The van der Waals surface area contributed by atoms with Crippen LogP contribution in [-0.2, 0) is 9.59 Å². The smallest absolute Gasteiger partial charge is 0.326 e. The number of benzene rings is 1. The number of rotatable bonds is 6.